The number of hydrogen-bond donors (Lipinski definition) is 1. The Hall–Kier alpha value is -1.91. The van der Waals surface area contributed by atoms with Crippen molar-refractivity contribution in [2.75, 3.05) is 0 Å². The Bertz CT molecular complexity index is 670. The molecule has 0 saturated carbocycles. The summed E-state index contributed by atoms with van der Waals surface area (Å²) in [5.41, 5.74) is 3.78. The molecule has 2 aromatic rings. The number of fused-ring (bicyclic) bond motifs is 1. The van der Waals surface area contributed by atoms with Crippen molar-refractivity contribution in [3.63, 3.8) is 0 Å². The number of nitro benzene ring substituents is 1. The van der Waals surface area contributed by atoms with Gasteiger partial charge in [-0.05, 0) is 41.7 Å². The van der Waals surface area contributed by atoms with E-state index < -0.39 is 0 Å². The number of aryl methyl sites for hydroxylation is 1. The second kappa shape index (κ2) is 5.84. The molecule has 21 heavy (non-hydrogen) atoms. The van der Waals surface area contributed by atoms with Crippen LogP contribution in [0, 0.1) is 10.1 Å². The van der Waals surface area contributed by atoms with Gasteiger partial charge in [0.15, 0.2) is 0 Å². The first-order valence-corrected chi connectivity index (χ1v) is 7.26. The van der Waals surface area contributed by atoms with Crippen LogP contribution in [0.25, 0.3) is 0 Å². The van der Waals surface area contributed by atoms with E-state index in [1.165, 1.54) is 11.1 Å². The third kappa shape index (κ3) is 3.06. The Morgan fingerprint density at radius 2 is 2.00 bits per heavy atom. The Kier molecular flexibility index (Phi) is 3.90. The first-order valence-electron chi connectivity index (χ1n) is 6.88. The summed E-state index contributed by atoms with van der Waals surface area (Å²) in [6.45, 7) is 0.699. The second-order valence-electron chi connectivity index (χ2n) is 5.24. The van der Waals surface area contributed by atoms with Crippen LogP contribution in [0.1, 0.15) is 29.2 Å². The summed E-state index contributed by atoms with van der Waals surface area (Å²) >= 11 is 6.01. The lowest BCUT2D eigenvalue weighted by Crippen LogP contribution is -2.18. The second-order valence-corrected chi connectivity index (χ2v) is 5.68. The molecule has 0 fully saturated rings. The van der Waals surface area contributed by atoms with Crippen LogP contribution in [0.15, 0.2) is 42.5 Å². The van der Waals surface area contributed by atoms with E-state index in [4.69, 9.17) is 11.6 Å². The predicted molar refractivity (Wildman–Crippen MR) is 82.5 cm³/mol. The number of benzene rings is 2. The highest BCUT2D eigenvalue weighted by molar-refractivity contribution is 6.30. The topological polar surface area (TPSA) is 55.2 Å². The standard InChI is InChI=1S/C16H15ClN2O2/c17-13-4-7-15-12(9-13)3-8-16(15)18-10-11-1-5-14(6-2-11)19(20)21/h1-2,4-7,9,16,18H,3,8,10H2. The Labute approximate surface area is 127 Å². The molecule has 0 radical (unpaired) electrons. The van der Waals surface area contributed by atoms with E-state index in [2.05, 4.69) is 11.4 Å². The number of non-ortho nitro benzene ring substituents is 1. The van der Waals surface area contributed by atoms with Crippen LogP contribution in [-0.2, 0) is 13.0 Å². The SMILES string of the molecule is O=[N+]([O-])c1ccc(CNC2CCc3cc(Cl)ccc32)cc1. The lowest BCUT2D eigenvalue weighted by Gasteiger charge is -2.14. The number of nitrogens with zero attached hydrogens (tertiary/aromatic N) is 1. The fourth-order valence-corrected chi connectivity index (χ4v) is 2.97. The van der Waals surface area contributed by atoms with Crippen molar-refractivity contribution in [1.29, 1.82) is 0 Å². The molecular formula is C16H15ClN2O2. The lowest BCUT2D eigenvalue weighted by atomic mass is 10.1. The quantitative estimate of drug-likeness (QED) is 0.685. The van der Waals surface area contributed by atoms with E-state index in [-0.39, 0.29) is 10.6 Å². The zero-order valence-electron chi connectivity index (χ0n) is 11.4. The fourth-order valence-electron chi connectivity index (χ4n) is 2.77. The van der Waals surface area contributed by atoms with Crippen molar-refractivity contribution in [3.05, 3.63) is 74.3 Å². The molecule has 0 bridgehead atoms. The van der Waals surface area contributed by atoms with Crippen LogP contribution in [0.2, 0.25) is 5.02 Å². The van der Waals surface area contributed by atoms with Crippen LogP contribution in [0.5, 0.6) is 0 Å². The first-order chi connectivity index (χ1) is 10.1. The highest BCUT2D eigenvalue weighted by Gasteiger charge is 2.21. The van der Waals surface area contributed by atoms with Gasteiger partial charge >= 0.3 is 0 Å². The van der Waals surface area contributed by atoms with Crippen LogP contribution >= 0.6 is 11.6 Å². The van der Waals surface area contributed by atoms with Crippen molar-refractivity contribution in [1.82, 2.24) is 5.32 Å². The van der Waals surface area contributed by atoms with Crippen LogP contribution in [0.3, 0.4) is 0 Å². The third-order valence-corrected chi connectivity index (χ3v) is 4.12. The van der Waals surface area contributed by atoms with Gasteiger partial charge in [0, 0.05) is 29.7 Å². The molecule has 1 unspecified atom stereocenters. The van der Waals surface area contributed by atoms with E-state index in [0.717, 1.165) is 23.4 Å². The van der Waals surface area contributed by atoms with Gasteiger partial charge in [0.25, 0.3) is 5.69 Å². The highest BCUT2D eigenvalue weighted by atomic mass is 35.5. The molecule has 0 heterocycles. The van der Waals surface area contributed by atoms with E-state index in [0.29, 0.717) is 12.6 Å². The van der Waals surface area contributed by atoms with E-state index in [1.807, 2.05) is 12.1 Å². The van der Waals surface area contributed by atoms with Crippen molar-refractivity contribution in [3.8, 4) is 0 Å². The summed E-state index contributed by atoms with van der Waals surface area (Å²) in [5, 5.41) is 14.9. The average molecular weight is 303 g/mol. The zero-order valence-corrected chi connectivity index (χ0v) is 12.1. The molecule has 0 saturated heterocycles. The monoisotopic (exact) mass is 302 g/mol. The molecule has 1 aliphatic carbocycles. The molecule has 1 N–H and O–H groups in total. The van der Waals surface area contributed by atoms with Crippen molar-refractivity contribution >= 4 is 17.3 Å². The maximum absolute atomic E-state index is 10.6. The molecule has 108 valence electrons. The van der Waals surface area contributed by atoms with Gasteiger partial charge in [-0.2, -0.15) is 0 Å². The molecule has 1 aliphatic rings. The Morgan fingerprint density at radius 3 is 2.71 bits per heavy atom. The number of hydrogen-bond acceptors (Lipinski definition) is 3. The molecule has 4 nitrogen and oxygen atoms in total. The summed E-state index contributed by atoms with van der Waals surface area (Å²) in [6, 6.07) is 13.0. The summed E-state index contributed by atoms with van der Waals surface area (Å²) in [7, 11) is 0. The molecule has 0 amide bonds. The van der Waals surface area contributed by atoms with Gasteiger partial charge in [0.1, 0.15) is 0 Å². The van der Waals surface area contributed by atoms with E-state index in [9.17, 15) is 10.1 Å². The molecule has 2 aromatic carbocycles. The van der Waals surface area contributed by atoms with Gasteiger partial charge in [-0.25, -0.2) is 0 Å². The largest absolute Gasteiger partial charge is 0.306 e. The molecule has 5 heteroatoms. The van der Waals surface area contributed by atoms with Crippen molar-refractivity contribution in [2.45, 2.75) is 25.4 Å². The summed E-state index contributed by atoms with van der Waals surface area (Å²) in [4.78, 5) is 10.2. The number of halogens is 1. The smallest absolute Gasteiger partial charge is 0.269 e. The molecule has 0 aliphatic heterocycles. The van der Waals surface area contributed by atoms with Gasteiger partial charge in [-0.3, -0.25) is 10.1 Å². The molecular weight excluding hydrogens is 288 g/mol. The van der Waals surface area contributed by atoms with Crippen LogP contribution in [0.4, 0.5) is 5.69 Å². The molecule has 0 spiro atoms. The van der Waals surface area contributed by atoms with Crippen LogP contribution in [-0.4, -0.2) is 4.92 Å². The van der Waals surface area contributed by atoms with E-state index in [1.54, 1.807) is 24.3 Å². The Morgan fingerprint density at radius 1 is 1.24 bits per heavy atom. The molecule has 1 atom stereocenters. The maximum Gasteiger partial charge on any atom is 0.269 e. The molecule has 0 aromatic heterocycles. The molecule has 3 rings (SSSR count). The number of nitro groups is 1. The minimum Gasteiger partial charge on any atom is -0.306 e. The van der Waals surface area contributed by atoms with Gasteiger partial charge < -0.3 is 5.32 Å². The fraction of sp³-hybridized carbons (Fsp3) is 0.250. The van der Waals surface area contributed by atoms with Crippen molar-refractivity contribution < 1.29 is 4.92 Å². The van der Waals surface area contributed by atoms with Gasteiger partial charge in [0.2, 0.25) is 0 Å². The first kappa shape index (κ1) is 14.0. The minimum atomic E-state index is -0.381. The summed E-state index contributed by atoms with van der Waals surface area (Å²) < 4.78 is 0. The van der Waals surface area contributed by atoms with Gasteiger partial charge in [-0.1, -0.05) is 29.8 Å². The maximum atomic E-state index is 10.6. The number of nitrogens with one attached hydrogen (secondary N) is 1. The van der Waals surface area contributed by atoms with Gasteiger partial charge in [0.05, 0.1) is 4.92 Å². The number of rotatable bonds is 4. The zero-order chi connectivity index (χ0) is 14.8. The van der Waals surface area contributed by atoms with Crippen LogP contribution < -0.4 is 5.32 Å². The average Bonchev–Trinajstić information content (AvgIpc) is 2.87. The predicted octanol–water partition coefficient (Wildman–Crippen LogP) is 4.03. The van der Waals surface area contributed by atoms with Gasteiger partial charge in [-0.15, -0.1) is 0 Å². The minimum absolute atomic E-state index is 0.125. The normalized spacial score (nSPS) is 16.7. The summed E-state index contributed by atoms with van der Waals surface area (Å²) in [6.07, 6.45) is 2.09. The highest BCUT2D eigenvalue weighted by Crippen LogP contribution is 2.33. The lowest BCUT2D eigenvalue weighted by molar-refractivity contribution is -0.384. The van der Waals surface area contributed by atoms with Crippen molar-refractivity contribution in [2.24, 2.45) is 0 Å². The van der Waals surface area contributed by atoms with E-state index >= 15 is 0 Å². The summed E-state index contributed by atoms with van der Waals surface area (Å²) in [5.74, 6) is 0. The Balaban J connectivity index is 1.65. The third-order valence-electron chi connectivity index (χ3n) is 3.88.